The average Bonchev–Trinajstić information content (AvgIpc) is 3.58. The van der Waals surface area contributed by atoms with Crippen LogP contribution in [0.4, 0.5) is 0 Å². The van der Waals surface area contributed by atoms with Crippen molar-refractivity contribution in [3.05, 3.63) is 29.1 Å². The molecular formula is C31H53N3O6P2. The molecule has 2 heterocycles. The molecule has 0 aromatic carbocycles. The van der Waals surface area contributed by atoms with Crippen molar-refractivity contribution in [1.29, 1.82) is 0 Å². The van der Waals surface area contributed by atoms with Gasteiger partial charge in [0.1, 0.15) is 0 Å². The van der Waals surface area contributed by atoms with Crippen molar-refractivity contribution in [2.75, 3.05) is 6.61 Å². The van der Waals surface area contributed by atoms with Gasteiger partial charge in [-0.1, -0.05) is 41.5 Å². The van der Waals surface area contributed by atoms with Crippen LogP contribution in [0.3, 0.4) is 0 Å². The number of rotatable bonds is 16. The van der Waals surface area contributed by atoms with E-state index in [-0.39, 0.29) is 23.9 Å². The van der Waals surface area contributed by atoms with Crippen LogP contribution in [0.15, 0.2) is 22.4 Å². The van der Waals surface area contributed by atoms with Crippen LogP contribution in [0.25, 0.3) is 0 Å². The molecule has 0 bridgehead atoms. The third-order valence-corrected chi connectivity index (χ3v) is 12.7. The topological polar surface area (TPSA) is 109 Å². The molecule has 0 saturated heterocycles. The van der Waals surface area contributed by atoms with E-state index in [0.717, 1.165) is 17.0 Å². The van der Waals surface area contributed by atoms with E-state index in [1.807, 2.05) is 12.1 Å². The first-order valence-electron chi connectivity index (χ1n) is 14.9. The Kier molecular flexibility index (Phi) is 12.4. The van der Waals surface area contributed by atoms with Gasteiger partial charge in [0.05, 0.1) is 24.9 Å². The zero-order valence-corrected chi connectivity index (χ0v) is 29.6. The molecule has 0 amide bonds. The molecule has 0 N–H and O–H groups in total. The third kappa shape index (κ3) is 10.7. The van der Waals surface area contributed by atoms with Gasteiger partial charge < -0.3 is 18.1 Å². The molecule has 0 fully saturated rings. The molecular weight excluding hydrogens is 572 g/mol. The van der Waals surface area contributed by atoms with Crippen molar-refractivity contribution in [2.24, 2.45) is 10.2 Å². The molecule has 2 rings (SSSR count). The zero-order chi connectivity index (χ0) is 32.1. The predicted octanol–water partition coefficient (Wildman–Crippen LogP) is 9.19. The zero-order valence-electron chi connectivity index (χ0n) is 27.8. The second kappa shape index (κ2) is 14.1. The fourth-order valence-electron chi connectivity index (χ4n) is 4.32. The standard InChI is InChI=1S/C31H53N3O6P2/c1-14-15-16-31(33-34-31)17-18-37-41(35,38-22(2)3)28(42(36,39-23(4)5)40-24(6)7)21-25-19-26(29(8,9)10)32-27(20-25)30(11,12)13/h1,19-20,22-24,28H,15-18,21H2,2-13H3. The van der Waals surface area contributed by atoms with E-state index in [1.54, 1.807) is 41.5 Å². The van der Waals surface area contributed by atoms with Gasteiger partial charge in [0.25, 0.3) is 0 Å². The van der Waals surface area contributed by atoms with Crippen LogP contribution in [0.5, 0.6) is 0 Å². The number of terminal acetylenes is 1. The Balaban J connectivity index is 2.67. The number of hydrogen-bond acceptors (Lipinski definition) is 9. The first-order valence-corrected chi connectivity index (χ1v) is 18.2. The van der Waals surface area contributed by atoms with Gasteiger partial charge in [0, 0.05) is 41.5 Å². The van der Waals surface area contributed by atoms with Crippen molar-refractivity contribution in [3.63, 3.8) is 0 Å². The highest BCUT2D eigenvalue weighted by molar-refractivity contribution is 7.72. The van der Waals surface area contributed by atoms with Gasteiger partial charge in [-0.05, 0) is 65.7 Å². The first kappa shape index (κ1) is 36.8. The molecule has 9 nitrogen and oxygen atoms in total. The maximum Gasteiger partial charge on any atom is 0.346 e. The lowest BCUT2D eigenvalue weighted by molar-refractivity contribution is 0.130. The van der Waals surface area contributed by atoms with Crippen molar-refractivity contribution >= 4 is 15.2 Å². The number of aromatic nitrogens is 1. The molecule has 42 heavy (non-hydrogen) atoms. The molecule has 0 radical (unpaired) electrons. The largest absolute Gasteiger partial charge is 0.346 e. The normalized spacial score (nSPS) is 17.5. The molecule has 1 aliphatic heterocycles. The van der Waals surface area contributed by atoms with Crippen LogP contribution >= 0.6 is 15.2 Å². The van der Waals surface area contributed by atoms with Crippen LogP contribution in [-0.2, 0) is 44.5 Å². The van der Waals surface area contributed by atoms with Crippen LogP contribution in [-0.4, -0.2) is 41.0 Å². The Morgan fingerprint density at radius 3 is 1.64 bits per heavy atom. The van der Waals surface area contributed by atoms with Gasteiger partial charge >= 0.3 is 15.2 Å². The summed E-state index contributed by atoms with van der Waals surface area (Å²) in [6.07, 6.45) is 5.58. The fraction of sp³-hybridized carbons (Fsp3) is 0.774. The minimum absolute atomic E-state index is 0.0260. The van der Waals surface area contributed by atoms with Crippen LogP contribution < -0.4 is 0 Å². The van der Waals surface area contributed by atoms with Gasteiger partial charge in [-0.2, -0.15) is 10.2 Å². The Morgan fingerprint density at radius 2 is 1.26 bits per heavy atom. The smallest absolute Gasteiger partial charge is 0.308 e. The summed E-state index contributed by atoms with van der Waals surface area (Å²) in [5, 5.41) is 7.10. The summed E-state index contributed by atoms with van der Waals surface area (Å²) in [4.78, 5) is 4.96. The van der Waals surface area contributed by atoms with E-state index in [0.29, 0.717) is 19.3 Å². The SMILES string of the molecule is C#CCCC1(CCOP(=O)(OC(C)C)C(Cc2cc(C(C)(C)C)nc(C(C)(C)C)c2)P(=O)(OC(C)C)OC(C)C)N=N1. The third-order valence-electron chi connectivity index (χ3n) is 6.47. The molecule has 2 unspecified atom stereocenters. The minimum Gasteiger partial charge on any atom is -0.308 e. The van der Waals surface area contributed by atoms with Gasteiger partial charge in [0.2, 0.25) is 0 Å². The van der Waals surface area contributed by atoms with E-state index < -0.39 is 44.6 Å². The molecule has 0 spiro atoms. The van der Waals surface area contributed by atoms with Gasteiger partial charge in [-0.25, -0.2) is 0 Å². The molecule has 11 heteroatoms. The summed E-state index contributed by atoms with van der Waals surface area (Å²) >= 11 is 0. The highest BCUT2D eigenvalue weighted by Gasteiger charge is 2.53. The summed E-state index contributed by atoms with van der Waals surface area (Å²) < 4.78 is 54.1. The lowest BCUT2D eigenvalue weighted by Gasteiger charge is -2.35. The lowest BCUT2D eigenvalue weighted by atomic mass is 9.86. The monoisotopic (exact) mass is 625 g/mol. The summed E-state index contributed by atoms with van der Waals surface area (Å²) in [7, 11) is -8.22. The highest BCUT2D eigenvalue weighted by Crippen LogP contribution is 2.72. The molecule has 1 aromatic heterocycles. The van der Waals surface area contributed by atoms with E-state index in [9.17, 15) is 9.13 Å². The second-order valence-corrected chi connectivity index (χ2v) is 18.6. The molecule has 1 aromatic rings. The second-order valence-electron chi connectivity index (χ2n) is 13.9. The van der Waals surface area contributed by atoms with Crippen molar-refractivity contribution in [2.45, 2.75) is 149 Å². The first-order chi connectivity index (χ1) is 19.1. The molecule has 1 aliphatic rings. The number of hydrogen-bond donors (Lipinski definition) is 0. The molecule has 0 saturated carbocycles. The van der Waals surface area contributed by atoms with Crippen molar-refractivity contribution in [3.8, 4) is 12.3 Å². The quantitative estimate of drug-likeness (QED) is 0.133. The molecule has 2 atom stereocenters. The predicted molar refractivity (Wildman–Crippen MR) is 169 cm³/mol. The average molecular weight is 626 g/mol. The van der Waals surface area contributed by atoms with Crippen LogP contribution in [0, 0.1) is 12.3 Å². The Bertz CT molecular complexity index is 1170. The molecule has 238 valence electrons. The molecule has 0 aliphatic carbocycles. The van der Waals surface area contributed by atoms with E-state index in [2.05, 4.69) is 57.7 Å². The van der Waals surface area contributed by atoms with Gasteiger partial charge in [-0.3, -0.25) is 14.1 Å². The summed E-state index contributed by atoms with van der Waals surface area (Å²) in [5.41, 5.74) is 1.42. The lowest BCUT2D eigenvalue weighted by Crippen LogP contribution is -2.26. The summed E-state index contributed by atoms with van der Waals surface area (Å²) in [6.45, 7) is 23.2. The van der Waals surface area contributed by atoms with Crippen LogP contribution in [0.1, 0.15) is 119 Å². The Hall–Kier alpha value is -1.39. The van der Waals surface area contributed by atoms with Crippen LogP contribution in [0.2, 0.25) is 0 Å². The van der Waals surface area contributed by atoms with E-state index >= 15 is 0 Å². The van der Waals surface area contributed by atoms with Gasteiger partial charge in [0.15, 0.2) is 11.1 Å². The Morgan fingerprint density at radius 1 is 0.810 bits per heavy atom. The minimum atomic E-state index is -4.14. The van der Waals surface area contributed by atoms with Crippen molar-refractivity contribution < 1.29 is 27.2 Å². The summed E-state index contributed by atoms with van der Waals surface area (Å²) in [5.74, 6) is 2.61. The van der Waals surface area contributed by atoms with Crippen molar-refractivity contribution in [1.82, 2.24) is 4.98 Å². The summed E-state index contributed by atoms with van der Waals surface area (Å²) in [6, 6.07) is 3.96. The number of pyridine rings is 1. The van der Waals surface area contributed by atoms with E-state index in [4.69, 9.17) is 29.5 Å². The maximum absolute atomic E-state index is 14.9. The maximum atomic E-state index is 14.9. The fourth-order valence-corrected chi connectivity index (χ4v) is 10.1. The van der Waals surface area contributed by atoms with E-state index in [1.165, 1.54) is 0 Å². The van der Waals surface area contributed by atoms with Gasteiger partial charge in [-0.15, -0.1) is 12.3 Å². The Labute approximate surface area is 254 Å². The number of nitrogens with zero attached hydrogens (tertiary/aromatic N) is 3. The highest BCUT2D eigenvalue weighted by atomic mass is 31.2.